The molecular weight excluding hydrogens is 397 g/mol. The molecule has 144 valence electrons. The number of anilines is 1. The number of fused-ring (bicyclic) bond motifs is 2. The Hall–Kier alpha value is -1.01. The molecule has 0 saturated heterocycles. The number of carbonyl (C=O) groups is 2. The SMILES string of the molecule is Cl.NC1C2CCCC1CC(C(=O)NCC(=O)Nc1cc(Cl)ccc1Cl)C2. The monoisotopic (exact) mass is 419 g/mol. The van der Waals surface area contributed by atoms with Gasteiger partial charge in [0.1, 0.15) is 0 Å². The fraction of sp³-hybridized carbons (Fsp3) is 0.556. The van der Waals surface area contributed by atoms with Crippen molar-refractivity contribution in [2.75, 3.05) is 11.9 Å². The Balaban J connectivity index is 0.00000243. The van der Waals surface area contributed by atoms with Crippen molar-refractivity contribution in [1.29, 1.82) is 0 Å². The van der Waals surface area contributed by atoms with E-state index < -0.39 is 0 Å². The van der Waals surface area contributed by atoms with Gasteiger partial charge in [0.25, 0.3) is 0 Å². The van der Waals surface area contributed by atoms with Gasteiger partial charge in [-0.2, -0.15) is 0 Å². The molecule has 1 aromatic carbocycles. The van der Waals surface area contributed by atoms with Crippen LogP contribution in [-0.2, 0) is 9.59 Å². The van der Waals surface area contributed by atoms with Crippen molar-refractivity contribution in [1.82, 2.24) is 5.32 Å². The Labute approximate surface area is 169 Å². The fourth-order valence-corrected chi connectivity index (χ4v) is 4.44. The summed E-state index contributed by atoms with van der Waals surface area (Å²) in [6.45, 7) is -0.0838. The molecule has 3 rings (SSSR count). The molecule has 0 aliphatic heterocycles. The quantitative estimate of drug-likeness (QED) is 0.695. The van der Waals surface area contributed by atoms with Crippen LogP contribution in [0.4, 0.5) is 5.69 Å². The maximum atomic E-state index is 12.4. The molecule has 2 unspecified atom stereocenters. The Kier molecular flexibility index (Phi) is 7.59. The highest BCUT2D eigenvalue weighted by molar-refractivity contribution is 6.35. The smallest absolute Gasteiger partial charge is 0.243 e. The molecule has 8 heteroatoms. The van der Waals surface area contributed by atoms with Crippen molar-refractivity contribution in [3.05, 3.63) is 28.2 Å². The van der Waals surface area contributed by atoms with Crippen molar-refractivity contribution in [3.63, 3.8) is 0 Å². The second kappa shape index (κ2) is 9.27. The van der Waals surface area contributed by atoms with E-state index in [0.29, 0.717) is 27.6 Å². The zero-order chi connectivity index (χ0) is 18.0. The zero-order valence-corrected chi connectivity index (χ0v) is 16.7. The molecule has 2 aliphatic rings. The number of rotatable bonds is 4. The molecule has 0 spiro atoms. The Morgan fingerprint density at radius 2 is 1.81 bits per heavy atom. The Morgan fingerprint density at radius 3 is 2.46 bits per heavy atom. The second-order valence-corrected chi connectivity index (χ2v) is 7.93. The number of hydrogen-bond acceptors (Lipinski definition) is 3. The van der Waals surface area contributed by atoms with Crippen LogP contribution in [0, 0.1) is 17.8 Å². The van der Waals surface area contributed by atoms with Crippen LogP contribution in [-0.4, -0.2) is 24.4 Å². The first-order valence-electron chi connectivity index (χ1n) is 8.72. The van der Waals surface area contributed by atoms with Crippen molar-refractivity contribution in [2.45, 2.75) is 38.1 Å². The average Bonchev–Trinajstić information content (AvgIpc) is 2.56. The van der Waals surface area contributed by atoms with E-state index in [2.05, 4.69) is 10.6 Å². The van der Waals surface area contributed by atoms with E-state index in [0.717, 1.165) is 25.7 Å². The number of amides is 2. The largest absolute Gasteiger partial charge is 0.347 e. The molecular formula is C18H24Cl3N3O2. The number of hydrogen-bond donors (Lipinski definition) is 3. The van der Waals surface area contributed by atoms with Gasteiger partial charge >= 0.3 is 0 Å². The predicted octanol–water partition coefficient (Wildman–Crippen LogP) is 3.62. The van der Waals surface area contributed by atoms with Crippen molar-refractivity contribution < 1.29 is 9.59 Å². The summed E-state index contributed by atoms with van der Waals surface area (Å²) in [6.07, 6.45) is 5.07. The first-order valence-corrected chi connectivity index (χ1v) is 9.48. The Bertz CT molecular complexity index is 657. The standard InChI is InChI=1S/C18H23Cl2N3O2.ClH/c19-13-4-5-14(20)15(8-13)23-16(24)9-22-18(25)12-6-10-2-1-3-11(7-12)17(10)21;/h4-5,8,10-12,17H,1-3,6-7,9,21H2,(H,22,25)(H,23,24);1H. The first kappa shape index (κ1) is 21.3. The molecule has 1 aromatic rings. The summed E-state index contributed by atoms with van der Waals surface area (Å²) in [5.41, 5.74) is 6.70. The lowest BCUT2D eigenvalue weighted by Gasteiger charge is -2.43. The molecule has 2 amide bonds. The summed E-state index contributed by atoms with van der Waals surface area (Å²) >= 11 is 11.9. The number of nitrogens with two attached hydrogens (primary N) is 1. The number of halogens is 3. The third kappa shape index (κ3) is 5.03. The maximum Gasteiger partial charge on any atom is 0.243 e. The van der Waals surface area contributed by atoms with Crippen molar-refractivity contribution in [3.8, 4) is 0 Å². The molecule has 4 N–H and O–H groups in total. The third-order valence-electron chi connectivity index (χ3n) is 5.41. The summed E-state index contributed by atoms with van der Waals surface area (Å²) in [4.78, 5) is 24.5. The van der Waals surface area contributed by atoms with Crippen LogP contribution >= 0.6 is 35.6 Å². The normalized spacial score (nSPS) is 27.2. The van der Waals surface area contributed by atoms with Gasteiger partial charge in [0.05, 0.1) is 17.3 Å². The van der Waals surface area contributed by atoms with Gasteiger partial charge in [0.15, 0.2) is 0 Å². The van der Waals surface area contributed by atoms with Crippen LogP contribution in [0.15, 0.2) is 18.2 Å². The molecule has 0 aromatic heterocycles. The number of nitrogens with one attached hydrogen (secondary N) is 2. The summed E-state index contributed by atoms with van der Waals surface area (Å²) < 4.78 is 0. The van der Waals surface area contributed by atoms with Gasteiger partial charge in [-0.1, -0.05) is 29.6 Å². The summed E-state index contributed by atoms with van der Waals surface area (Å²) in [7, 11) is 0. The van der Waals surface area contributed by atoms with Gasteiger partial charge in [-0.25, -0.2) is 0 Å². The van der Waals surface area contributed by atoms with E-state index in [1.54, 1.807) is 18.2 Å². The Morgan fingerprint density at radius 1 is 1.15 bits per heavy atom. The van der Waals surface area contributed by atoms with Gasteiger partial charge in [-0.3, -0.25) is 9.59 Å². The van der Waals surface area contributed by atoms with Crippen molar-refractivity contribution in [2.24, 2.45) is 23.5 Å². The topological polar surface area (TPSA) is 84.2 Å². The highest BCUT2D eigenvalue weighted by Crippen LogP contribution is 2.41. The third-order valence-corrected chi connectivity index (χ3v) is 5.97. The molecule has 2 aliphatic carbocycles. The van der Waals surface area contributed by atoms with Crippen LogP contribution < -0.4 is 16.4 Å². The molecule has 2 fully saturated rings. The van der Waals surface area contributed by atoms with Gasteiger partial charge in [-0.15, -0.1) is 12.4 Å². The van der Waals surface area contributed by atoms with E-state index in [1.165, 1.54) is 6.42 Å². The highest BCUT2D eigenvalue weighted by atomic mass is 35.5. The van der Waals surface area contributed by atoms with Crippen LogP contribution in [0.3, 0.4) is 0 Å². The molecule has 2 atom stereocenters. The maximum absolute atomic E-state index is 12.4. The van der Waals surface area contributed by atoms with E-state index in [1.807, 2.05) is 0 Å². The van der Waals surface area contributed by atoms with Crippen LogP contribution in [0.1, 0.15) is 32.1 Å². The summed E-state index contributed by atoms with van der Waals surface area (Å²) in [5, 5.41) is 6.29. The number of carbonyl (C=O) groups excluding carboxylic acids is 2. The predicted molar refractivity (Wildman–Crippen MR) is 107 cm³/mol. The lowest BCUT2D eigenvalue weighted by Crippen LogP contribution is -2.49. The van der Waals surface area contributed by atoms with Gasteiger partial charge in [0.2, 0.25) is 11.8 Å². The lowest BCUT2D eigenvalue weighted by atomic mass is 9.65. The zero-order valence-electron chi connectivity index (χ0n) is 14.3. The first-order chi connectivity index (χ1) is 11.9. The molecule has 0 heterocycles. The number of benzene rings is 1. The van der Waals surface area contributed by atoms with E-state index in [-0.39, 0.29) is 42.7 Å². The summed E-state index contributed by atoms with van der Waals surface area (Å²) in [6, 6.07) is 5.06. The average molecular weight is 421 g/mol. The van der Waals surface area contributed by atoms with Crippen LogP contribution in [0.5, 0.6) is 0 Å². The minimum atomic E-state index is -0.328. The van der Waals surface area contributed by atoms with Crippen molar-refractivity contribution >= 4 is 53.1 Å². The van der Waals surface area contributed by atoms with Crippen LogP contribution in [0.2, 0.25) is 10.0 Å². The lowest BCUT2D eigenvalue weighted by molar-refractivity contribution is -0.129. The van der Waals surface area contributed by atoms with Gasteiger partial charge < -0.3 is 16.4 Å². The van der Waals surface area contributed by atoms with Crippen LogP contribution in [0.25, 0.3) is 0 Å². The molecule has 5 nitrogen and oxygen atoms in total. The molecule has 26 heavy (non-hydrogen) atoms. The van der Waals surface area contributed by atoms with Gasteiger partial charge in [0, 0.05) is 17.0 Å². The molecule has 2 saturated carbocycles. The van der Waals surface area contributed by atoms with E-state index in [9.17, 15) is 9.59 Å². The molecule has 2 bridgehead atoms. The fourth-order valence-electron chi connectivity index (χ4n) is 4.10. The molecule has 0 radical (unpaired) electrons. The second-order valence-electron chi connectivity index (χ2n) is 7.09. The van der Waals surface area contributed by atoms with E-state index >= 15 is 0 Å². The van der Waals surface area contributed by atoms with E-state index in [4.69, 9.17) is 28.9 Å². The summed E-state index contributed by atoms with van der Waals surface area (Å²) in [5.74, 6) is 0.434. The van der Waals surface area contributed by atoms with Gasteiger partial charge in [-0.05, 0) is 55.7 Å². The minimum absolute atomic E-state index is 0. The highest BCUT2D eigenvalue weighted by Gasteiger charge is 2.40. The minimum Gasteiger partial charge on any atom is -0.347 e.